The number of methoxy groups -OCH3 is 1. The highest BCUT2D eigenvalue weighted by Gasteiger charge is 2.35. The first-order chi connectivity index (χ1) is 13.3. The van der Waals surface area contributed by atoms with E-state index < -0.39 is 12.0 Å². The van der Waals surface area contributed by atoms with E-state index in [1.807, 2.05) is 13.0 Å². The molecule has 28 heavy (non-hydrogen) atoms. The lowest BCUT2D eigenvalue weighted by Gasteiger charge is -2.34. The molecule has 0 saturated carbocycles. The summed E-state index contributed by atoms with van der Waals surface area (Å²) in [5.74, 6) is -0.707. The van der Waals surface area contributed by atoms with Gasteiger partial charge in [0.1, 0.15) is 11.6 Å². The summed E-state index contributed by atoms with van der Waals surface area (Å²) in [4.78, 5) is 38.3. The number of carbonyl (C=O) groups is 3. The molecule has 1 aromatic carbocycles. The number of nitrogens with zero attached hydrogens (tertiary/aromatic N) is 1. The molecule has 0 spiro atoms. The molecule has 1 fully saturated rings. The second kappa shape index (κ2) is 8.04. The van der Waals surface area contributed by atoms with E-state index in [0.29, 0.717) is 19.0 Å². The zero-order valence-corrected chi connectivity index (χ0v) is 16.7. The Labute approximate surface area is 164 Å². The Morgan fingerprint density at radius 1 is 1.36 bits per heavy atom. The second-order valence-corrected chi connectivity index (χ2v) is 7.47. The van der Waals surface area contributed by atoms with Crippen LogP contribution in [0.2, 0.25) is 0 Å². The number of aryl methyl sites for hydroxylation is 1. The molecule has 1 saturated heterocycles. The van der Waals surface area contributed by atoms with Crippen LogP contribution in [0.25, 0.3) is 11.0 Å². The number of ether oxygens (including phenoxy) is 1. The third-order valence-electron chi connectivity index (χ3n) is 5.24. The van der Waals surface area contributed by atoms with E-state index in [9.17, 15) is 14.4 Å². The number of carbonyl (C=O) groups excluding carboxylic acids is 3. The fourth-order valence-corrected chi connectivity index (χ4v) is 3.73. The number of esters is 1. The number of furan rings is 1. The number of fused-ring (bicyclic) bond motifs is 1. The minimum atomic E-state index is -0.847. The predicted octanol–water partition coefficient (Wildman–Crippen LogP) is 2.30. The number of hydrogen-bond acceptors (Lipinski definition) is 5. The van der Waals surface area contributed by atoms with Gasteiger partial charge in [0.2, 0.25) is 11.8 Å². The monoisotopic (exact) mass is 386 g/mol. The van der Waals surface area contributed by atoms with Crippen LogP contribution < -0.4 is 5.32 Å². The van der Waals surface area contributed by atoms with Crippen LogP contribution in [0, 0.1) is 6.92 Å². The molecule has 1 atom stereocenters. The Bertz CT molecular complexity index is 915. The molecule has 7 nitrogen and oxygen atoms in total. The van der Waals surface area contributed by atoms with Crippen LogP contribution in [0.15, 0.2) is 22.8 Å². The van der Waals surface area contributed by atoms with Crippen LogP contribution in [0.5, 0.6) is 0 Å². The summed E-state index contributed by atoms with van der Waals surface area (Å²) >= 11 is 0. The van der Waals surface area contributed by atoms with Crippen molar-refractivity contribution in [2.24, 2.45) is 0 Å². The largest absolute Gasteiger partial charge is 0.469 e. The van der Waals surface area contributed by atoms with Crippen LogP contribution in [-0.4, -0.2) is 48.9 Å². The lowest BCUT2D eigenvalue weighted by atomic mass is 9.95. The average molecular weight is 386 g/mol. The molecule has 0 radical (unpaired) electrons. The summed E-state index contributed by atoms with van der Waals surface area (Å²) in [5.41, 5.74) is 3.89. The maximum atomic E-state index is 13.0. The van der Waals surface area contributed by atoms with Gasteiger partial charge in [-0.1, -0.05) is 13.8 Å². The molecule has 1 unspecified atom stereocenters. The third-order valence-corrected chi connectivity index (χ3v) is 5.24. The molecule has 2 heterocycles. The van der Waals surface area contributed by atoms with Gasteiger partial charge in [-0.15, -0.1) is 0 Å². The number of rotatable bonds is 5. The van der Waals surface area contributed by atoms with E-state index in [-0.39, 0.29) is 24.7 Å². The molecule has 7 heteroatoms. The summed E-state index contributed by atoms with van der Waals surface area (Å²) in [5, 5.41) is 3.61. The van der Waals surface area contributed by atoms with Crippen LogP contribution in [0.3, 0.4) is 0 Å². The highest BCUT2D eigenvalue weighted by molar-refractivity contribution is 5.94. The number of amides is 2. The van der Waals surface area contributed by atoms with Gasteiger partial charge in [-0.05, 0) is 36.1 Å². The predicted molar refractivity (Wildman–Crippen MR) is 104 cm³/mol. The number of benzene rings is 1. The average Bonchev–Trinajstić information content (AvgIpc) is 3.03. The Morgan fingerprint density at radius 2 is 2.11 bits per heavy atom. The van der Waals surface area contributed by atoms with E-state index >= 15 is 0 Å². The molecule has 0 aliphatic carbocycles. The van der Waals surface area contributed by atoms with Gasteiger partial charge in [-0.25, -0.2) is 0 Å². The Morgan fingerprint density at radius 3 is 2.79 bits per heavy atom. The molecule has 150 valence electrons. The molecule has 1 aliphatic heterocycles. The van der Waals surface area contributed by atoms with Gasteiger partial charge in [-0.3, -0.25) is 14.4 Å². The summed E-state index contributed by atoms with van der Waals surface area (Å²) in [7, 11) is 1.27. The van der Waals surface area contributed by atoms with E-state index in [0.717, 1.165) is 22.1 Å². The van der Waals surface area contributed by atoms with Crippen molar-refractivity contribution in [2.45, 2.75) is 45.6 Å². The summed E-state index contributed by atoms with van der Waals surface area (Å²) in [6.45, 7) is 7.03. The smallest absolute Gasteiger partial charge is 0.308 e. The fourth-order valence-electron chi connectivity index (χ4n) is 3.73. The van der Waals surface area contributed by atoms with Crippen LogP contribution in [-0.2, 0) is 25.5 Å². The van der Waals surface area contributed by atoms with Crippen LogP contribution >= 0.6 is 0 Å². The van der Waals surface area contributed by atoms with E-state index in [4.69, 9.17) is 4.42 Å². The number of hydrogen-bond donors (Lipinski definition) is 1. The lowest BCUT2D eigenvalue weighted by molar-refractivity contribution is -0.150. The van der Waals surface area contributed by atoms with Gasteiger partial charge in [0, 0.05) is 24.0 Å². The highest BCUT2D eigenvalue weighted by atomic mass is 16.5. The first-order valence-corrected chi connectivity index (χ1v) is 9.46. The zero-order valence-electron chi connectivity index (χ0n) is 16.7. The molecule has 1 aromatic heterocycles. The molecular formula is C21H26N2O5. The van der Waals surface area contributed by atoms with Gasteiger partial charge in [-0.2, -0.15) is 0 Å². The van der Waals surface area contributed by atoms with E-state index in [1.54, 1.807) is 6.26 Å². The molecular weight excluding hydrogens is 360 g/mol. The molecule has 3 rings (SSSR count). The van der Waals surface area contributed by atoms with Gasteiger partial charge in [0.05, 0.1) is 26.2 Å². The molecule has 2 aromatic rings. The van der Waals surface area contributed by atoms with Crippen molar-refractivity contribution < 1.29 is 23.5 Å². The summed E-state index contributed by atoms with van der Waals surface area (Å²) < 4.78 is 10.3. The first kappa shape index (κ1) is 19.9. The van der Waals surface area contributed by atoms with Crippen molar-refractivity contribution in [2.75, 3.05) is 20.2 Å². The number of nitrogens with one attached hydrogen (secondary N) is 1. The SMILES string of the molecule is COC(=O)CC1C(=O)NCCN1C(=O)Cc1coc2cc(C)c(C(C)C)cc12. The lowest BCUT2D eigenvalue weighted by Crippen LogP contribution is -2.58. The minimum Gasteiger partial charge on any atom is -0.469 e. The first-order valence-electron chi connectivity index (χ1n) is 9.46. The van der Waals surface area contributed by atoms with E-state index in [1.165, 1.54) is 17.6 Å². The topological polar surface area (TPSA) is 88.9 Å². The summed E-state index contributed by atoms with van der Waals surface area (Å²) in [6.07, 6.45) is 1.56. The van der Waals surface area contributed by atoms with Crippen molar-refractivity contribution in [1.82, 2.24) is 10.2 Å². The van der Waals surface area contributed by atoms with Crippen molar-refractivity contribution >= 4 is 28.8 Å². The minimum absolute atomic E-state index is 0.110. The maximum Gasteiger partial charge on any atom is 0.308 e. The van der Waals surface area contributed by atoms with Crippen LogP contribution in [0.4, 0.5) is 0 Å². The maximum absolute atomic E-state index is 13.0. The Hall–Kier alpha value is -2.83. The van der Waals surface area contributed by atoms with Crippen LogP contribution in [0.1, 0.15) is 42.9 Å². The van der Waals surface area contributed by atoms with Crippen molar-refractivity contribution in [3.63, 3.8) is 0 Å². The molecule has 2 amide bonds. The van der Waals surface area contributed by atoms with Crippen molar-refractivity contribution in [1.29, 1.82) is 0 Å². The number of piperazine rings is 1. The standard InChI is InChI=1S/C21H26N2O5/c1-12(2)15-9-16-14(11-28-18(16)7-13(15)3)8-19(24)23-6-5-22-21(26)17(23)10-20(25)27-4/h7,9,11-12,17H,5-6,8,10H2,1-4H3,(H,22,26). The van der Waals surface area contributed by atoms with Gasteiger partial charge < -0.3 is 19.4 Å². The third kappa shape index (κ3) is 3.88. The van der Waals surface area contributed by atoms with Gasteiger partial charge >= 0.3 is 5.97 Å². The zero-order chi connectivity index (χ0) is 20.4. The highest BCUT2D eigenvalue weighted by Crippen LogP contribution is 2.29. The van der Waals surface area contributed by atoms with Gasteiger partial charge in [0.25, 0.3) is 0 Å². The van der Waals surface area contributed by atoms with E-state index in [2.05, 4.69) is 30.0 Å². The second-order valence-electron chi connectivity index (χ2n) is 7.47. The quantitative estimate of drug-likeness (QED) is 0.797. The molecule has 1 aliphatic rings. The Balaban J connectivity index is 1.86. The van der Waals surface area contributed by atoms with Crippen molar-refractivity contribution in [3.8, 4) is 0 Å². The molecule has 1 N–H and O–H groups in total. The Kier molecular flexibility index (Phi) is 5.72. The van der Waals surface area contributed by atoms with Crippen molar-refractivity contribution in [3.05, 3.63) is 35.1 Å². The normalized spacial score (nSPS) is 17.1. The van der Waals surface area contributed by atoms with Gasteiger partial charge in [0.15, 0.2) is 0 Å². The summed E-state index contributed by atoms with van der Waals surface area (Å²) in [6, 6.07) is 3.23. The fraction of sp³-hybridized carbons (Fsp3) is 0.476. The molecule has 0 bridgehead atoms.